The number of rotatable bonds is 9. The molecule has 2 nitrogen and oxygen atoms in total. The summed E-state index contributed by atoms with van der Waals surface area (Å²) in [4.78, 5) is 22.5. The Hall–Kier alpha value is -1.70. The second-order valence-corrected chi connectivity index (χ2v) is 4.70. The van der Waals surface area contributed by atoms with Gasteiger partial charge in [-0.2, -0.15) is 0 Å². The molecule has 0 radical (unpaired) electrons. The Balaban J connectivity index is 2.68. The summed E-state index contributed by atoms with van der Waals surface area (Å²) >= 11 is 0. The first-order valence-corrected chi connectivity index (χ1v) is 7.00. The van der Waals surface area contributed by atoms with Gasteiger partial charge in [-0.3, -0.25) is 4.79 Å². The van der Waals surface area contributed by atoms with Crippen LogP contribution in [0.25, 0.3) is 0 Å². The first-order valence-electron chi connectivity index (χ1n) is 7.00. The average Bonchev–Trinajstić information content (AvgIpc) is 2.45. The molecule has 19 heavy (non-hydrogen) atoms. The molecule has 0 bridgehead atoms. The number of carbonyl (C=O) groups excluding carboxylic acids is 2. The van der Waals surface area contributed by atoms with Crippen LogP contribution in [0.4, 0.5) is 0 Å². The molecule has 0 unspecified atom stereocenters. The van der Waals surface area contributed by atoms with Crippen LogP contribution in [0, 0.1) is 0 Å². The molecule has 0 heterocycles. The highest BCUT2D eigenvalue weighted by Crippen LogP contribution is 2.16. The van der Waals surface area contributed by atoms with Crippen molar-refractivity contribution in [1.82, 2.24) is 0 Å². The molecule has 1 aromatic carbocycles. The van der Waals surface area contributed by atoms with Crippen LogP contribution in [0.5, 0.6) is 0 Å². The van der Waals surface area contributed by atoms with Crippen molar-refractivity contribution < 1.29 is 9.59 Å². The molecule has 0 spiro atoms. The Bertz CT molecular complexity index is 418. The summed E-state index contributed by atoms with van der Waals surface area (Å²) < 4.78 is 0. The topological polar surface area (TPSA) is 34.1 Å². The first-order chi connectivity index (χ1) is 9.27. The summed E-state index contributed by atoms with van der Waals surface area (Å²) in [6.45, 7) is 2.14. The molecule has 0 fully saturated rings. The van der Waals surface area contributed by atoms with Gasteiger partial charge in [-0.25, -0.2) is 0 Å². The largest absolute Gasteiger partial charge is 0.303 e. The van der Waals surface area contributed by atoms with Gasteiger partial charge in [-0.05, 0) is 31.8 Å². The minimum absolute atomic E-state index is 0.0674. The zero-order valence-electron chi connectivity index (χ0n) is 11.6. The summed E-state index contributed by atoms with van der Waals surface area (Å²) in [5, 5.41) is 0. The van der Waals surface area contributed by atoms with Gasteiger partial charge in [0.1, 0.15) is 6.29 Å². The van der Waals surface area contributed by atoms with Gasteiger partial charge in [0.2, 0.25) is 0 Å². The van der Waals surface area contributed by atoms with E-state index in [1.54, 1.807) is 6.08 Å². The van der Waals surface area contributed by atoms with Crippen molar-refractivity contribution in [2.75, 3.05) is 0 Å². The fourth-order valence-corrected chi connectivity index (χ4v) is 1.96. The number of aldehydes is 1. The van der Waals surface area contributed by atoms with Gasteiger partial charge in [0.25, 0.3) is 0 Å². The third-order valence-electron chi connectivity index (χ3n) is 3.06. The Morgan fingerprint density at radius 2 is 1.79 bits per heavy atom. The minimum Gasteiger partial charge on any atom is -0.303 e. The molecule has 0 aliphatic rings. The van der Waals surface area contributed by atoms with E-state index in [0.29, 0.717) is 6.42 Å². The van der Waals surface area contributed by atoms with Gasteiger partial charge in [0, 0.05) is 12.0 Å². The molecule has 102 valence electrons. The number of unbranched alkanes of at least 4 members (excludes halogenated alkanes) is 2. The second-order valence-electron chi connectivity index (χ2n) is 4.70. The van der Waals surface area contributed by atoms with Crippen LogP contribution in [0.15, 0.2) is 42.0 Å². The quantitative estimate of drug-likeness (QED) is 0.285. The van der Waals surface area contributed by atoms with Gasteiger partial charge >= 0.3 is 0 Å². The maximum Gasteiger partial charge on any atom is 0.185 e. The van der Waals surface area contributed by atoms with E-state index in [9.17, 15) is 9.59 Å². The van der Waals surface area contributed by atoms with Crippen molar-refractivity contribution in [3.63, 3.8) is 0 Å². The molecule has 0 atom stereocenters. The summed E-state index contributed by atoms with van der Waals surface area (Å²) in [6.07, 6.45) is 8.11. The van der Waals surface area contributed by atoms with Crippen molar-refractivity contribution in [1.29, 1.82) is 0 Å². The van der Waals surface area contributed by atoms with E-state index in [1.807, 2.05) is 30.3 Å². The Morgan fingerprint density at radius 1 is 1.11 bits per heavy atom. The van der Waals surface area contributed by atoms with Gasteiger partial charge in [0.05, 0.1) is 0 Å². The smallest absolute Gasteiger partial charge is 0.185 e. The maximum absolute atomic E-state index is 12.1. The summed E-state index contributed by atoms with van der Waals surface area (Å²) in [5.41, 5.74) is 1.89. The minimum atomic E-state index is 0.0674. The molecule has 0 aliphatic heterocycles. The van der Waals surface area contributed by atoms with E-state index in [4.69, 9.17) is 0 Å². The fourth-order valence-electron chi connectivity index (χ4n) is 1.96. The Kier molecular flexibility index (Phi) is 7.48. The van der Waals surface area contributed by atoms with Crippen LogP contribution in [-0.2, 0) is 4.79 Å². The number of allylic oxidation sites excluding steroid dienone is 2. The predicted molar refractivity (Wildman–Crippen MR) is 78.3 cm³/mol. The van der Waals surface area contributed by atoms with Gasteiger partial charge in [-0.1, -0.05) is 49.2 Å². The number of ketones is 1. The number of hydrogen-bond donors (Lipinski definition) is 0. The normalized spacial score (nSPS) is 11.3. The SMILES string of the molecule is CCCC/C(=C\C(=O)c1ccccc1)CCCC=O. The summed E-state index contributed by atoms with van der Waals surface area (Å²) in [6, 6.07) is 9.32. The average molecular weight is 258 g/mol. The molecule has 0 saturated heterocycles. The second kappa shape index (κ2) is 9.26. The lowest BCUT2D eigenvalue weighted by Gasteiger charge is -2.06. The van der Waals surface area contributed by atoms with Crippen molar-refractivity contribution >= 4 is 12.1 Å². The van der Waals surface area contributed by atoms with Crippen molar-refractivity contribution in [2.45, 2.75) is 45.4 Å². The number of hydrogen-bond acceptors (Lipinski definition) is 2. The van der Waals surface area contributed by atoms with Crippen LogP contribution >= 0.6 is 0 Å². The van der Waals surface area contributed by atoms with Crippen molar-refractivity contribution in [3.8, 4) is 0 Å². The molecule has 0 aliphatic carbocycles. The van der Waals surface area contributed by atoms with Crippen LogP contribution in [0.2, 0.25) is 0 Å². The van der Waals surface area contributed by atoms with Gasteiger partial charge < -0.3 is 4.79 Å². The Labute approximate surface area is 115 Å². The predicted octanol–water partition coefficient (Wildman–Crippen LogP) is 4.36. The van der Waals surface area contributed by atoms with Crippen LogP contribution in [0.3, 0.4) is 0 Å². The van der Waals surface area contributed by atoms with E-state index < -0.39 is 0 Å². The number of carbonyl (C=O) groups is 2. The van der Waals surface area contributed by atoms with E-state index in [0.717, 1.165) is 49.5 Å². The molecular weight excluding hydrogens is 236 g/mol. The fraction of sp³-hybridized carbons (Fsp3) is 0.412. The Morgan fingerprint density at radius 3 is 2.42 bits per heavy atom. The van der Waals surface area contributed by atoms with E-state index in [2.05, 4.69) is 6.92 Å². The highest BCUT2D eigenvalue weighted by atomic mass is 16.1. The van der Waals surface area contributed by atoms with Crippen molar-refractivity contribution in [2.24, 2.45) is 0 Å². The molecule has 0 saturated carbocycles. The lowest BCUT2D eigenvalue weighted by Crippen LogP contribution is -1.97. The zero-order chi connectivity index (χ0) is 13.9. The van der Waals surface area contributed by atoms with E-state index in [1.165, 1.54) is 0 Å². The molecule has 0 amide bonds. The molecule has 0 N–H and O–H groups in total. The zero-order valence-corrected chi connectivity index (χ0v) is 11.6. The third-order valence-corrected chi connectivity index (χ3v) is 3.06. The maximum atomic E-state index is 12.1. The highest BCUT2D eigenvalue weighted by molar-refractivity contribution is 6.04. The lowest BCUT2D eigenvalue weighted by atomic mass is 9.99. The highest BCUT2D eigenvalue weighted by Gasteiger charge is 2.04. The first kappa shape index (κ1) is 15.4. The van der Waals surface area contributed by atoms with Crippen LogP contribution in [0.1, 0.15) is 55.8 Å². The molecule has 2 heteroatoms. The molecule has 1 aromatic rings. The molecule has 1 rings (SSSR count). The van der Waals surface area contributed by atoms with E-state index >= 15 is 0 Å². The standard InChI is InChI=1S/C17H22O2/c1-2-3-9-15(10-7-8-13-18)14-17(19)16-11-5-4-6-12-16/h4-6,11-14H,2-3,7-10H2,1H3/b15-14+. The van der Waals surface area contributed by atoms with E-state index in [-0.39, 0.29) is 5.78 Å². The lowest BCUT2D eigenvalue weighted by molar-refractivity contribution is -0.107. The number of benzene rings is 1. The molecule has 0 aromatic heterocycles. The van der Waals surface area contributed by atoms with Crippen molar-refractivity contribution in [3.05, 3.63) is 47.5 Å². The van der Waals surface area contributed by atoms with Gasteiger partial charge in [-0.15, -0.1) is 0 Å². The van der Waals surface area contributed by atoms with Gasteiger partial charge in [0.15, 0.2) is 5.78 Å². The summed E-state index contributed by atoms with van der Waals surface area (Å²) in [5.74, 6) is 0.0674. The third kappa shape index (κ3) is 6.14. The van der Waals surface area contributed by atoms with Crippen LogP contribution in [-0.4, -0.2) is 12.1 Å². The summed E-state index contributed by atoms with van der Waals surface area (Å²) in [7, 11) is 0. The van der Waals surface area contributed by atoms with Crippen LogP contribution < -0.4 is 0 Å². The molecular formula is C17H22O2. The monoisotopic (exact) mass is 258 g/mol.